The van der Waals surface area contributed by atoms with Gasteiger partial charge >= 0.3 is 0 Å². The van der Waals surface area contributed by atoms with Gasteiger partial charge in [-0.3, -0.25) is 0 Å². The fourth-order valence-electron chi connectivity index (χ4n) is 0.258. The van der Waals surface area contributed by atoms with Crippen LogP contribution in [0, 0.1) is 0 Å². The van der Waals surface area contributed by atoms with Gasteiger partial charge in [0.1, 0.15) is 0 Å². The van der Waals surface area contributed by atoms with E-state index in [4.69, 9.17) is 0 Å². The van der Waals surface area contributed by atoms with Crippen molar-refractivity contribution in [3.05, 3.63) is 12.7 Å². The van der Waals surface area contributed by atoms with E-state index in [0.717, 1.165) is 0 Å². The van der Waals surface area contributed by atoms with Gasteiger partial charge in [0.05, 0.1) is 0 Å². The summed E-state index contributed by atoms with van der Waals surface area (Å²) in [6, 6.07) is 0. The molecule has 0 saturated heterocycles. The maximum absolute atomic E-state index is 3.62. The molecule has 6 heavy (non-hydrogen) atoms. The van der Waals surface area contributed by atoms with Crippen molar-refractivity contribution in [1.29, 1.82) is 0 Å². The molecule has 0 nitrogen and oxygen atoms in total. The molecule has 0 spiro atoms. The molecule has 0 fully saturated rings. The van der Waals surface area contributed by atoms with Crippen molar-refractivity contribution < 1.29 is 0 Å². The van der Waals surface area contributed by atoms with Gasteiger partial charge in [-0.05, 0) is 19.5 Å². The van der Waals surface area contributed by atoms with E-state index in [1.54, 1.807) is 0 Å². The molecule has 0 aliphatic carbocycles. The second-order valence-electron chi connectivity index (χ2n) is 1.55. The Labute approximate surface area is 41.0 Å². The van der Waals surface area contributed by atoms with Gasteiger partial charge in [-0.25, -0.2) is 0 Å². The van der Waals surface area contributed by atoms with Crippen LogP contribution in [0.5, 0.6) is 0 Å². The number of rotatable bonds is 2. The van der Waals surface area contributed by atoms with Crippen molar-refractivity contribution in [2.75, 3.05) is 19.5 Å². The molecule has 0 aliphatic rings. The van der Waals surface area contributed by atoms with E-state index >= 15 is 0 Å². The number of allylic oxidation sites excluding steroid dienone is 1. The summed E-state index contributed by atoms with van der Waals surface area (Å²) >= 11 is 0. The summed E-state index contributed by atoms with van der Waals surface area (Å²) in [6.07, 6.45) is 3.18. The maximum Gasteiger partial charge on any atom is -0.0152 e. The molecule has 0 aromatic rings. The topological polar surface area (TPSA) is 0 Å². The van der Waals surface area contributed by atoms with Gasteiger partial charge < -0.3 is 0 Å². The highest BCUT2D eigenvalue weighted by Crippen LogP contribution is 2.22. The lowest BCUT2D eigenvalue weighted by atomic mass is 10.8. The Balaban J connectivity index is 2.81. The number of hydrogen-bond donors (Lipinski definition) is 0. The summed E-state index contributed by atoms with van der Waals surface area (Å²) in [5.74, 6) is 0. The third-order valence-electron chi connectivity index (χ3n) is 0.494. The van der Waals surface area contributed by atoms with Gasteiger partial charge in [-0.1, -0.05) is 6.08 Å². The quantitative estimate of drug-likeness (QED) is 0.369. The third-order valence-corrected chi connectivity index (χ3v) is 1.48. The predicted molar refractivity (Wildman–Crippen MR) is 33.8 cm³/mol. The first-order valence-electron chi connectivity index (χ1n) is 2.03. The van der Waals surface area contributed by atoms with Crippen LogP contribution in [0.2, 0.25) is 0 Å². The van der Waals surface area contributed by atoms with Crippen LogP contribution in [0.1, 0.15) is 0 Å². The Morgan fingerprint density at radius 3 is 2.17 bits per heavy atom. The second-order valence-corrected chi connectivity index (χ2v) is 4.08. The first-order valence-corrected chi connectivity index (χ1v) is 4.45. The molecule has 0 aromatic heterocycles. The highest BCUT2D eigenvalue weighted by atomic mass is 31.1. The summed E-state index contributed by atoms with van der Waals surface area (Å²) in [4.78, 5) is 0. The van der Waals surface area contributed by atoms with Crippen molar-refractivity contribution in [3.8, 4) is 0 Å². The van der Waals surface area contributed by atoms with E-state index < -0.39 is 0 Å². The molecule has 1 heteroatoms. The first kappa shape index (κ1) is 6.17. The van der Waals surface area contributed by atoms with Crippen molar-refractivity contribution in [2.45, 2.75) is 0 Å². The molecule has 0 rings (SSSR count). The highest BCUT2D eigenvalue weighted by Gasteiger charge is 1.81. The first-order chi connectivity index (χ1) is 2.77. The predicted octanol–water partition coefficient (Wildman–Crippen LogP) is 1.91. The van der Waals surface area contributed by atoms with Crippen molar-refractivity contribution in [2.24, 2.45) is 0 Å². The van der Waals surface area contributed by atoms with E-state index in [2.05, 4.69) is 19.9 Å². The fourth-order valence-corrected chi connectivity index (χ4v) is 0.775. The van der Waals surface area contributed by atoms with E-state index in [-0.39, 0.29) is 7.92 Å². The maximum atomic E-state index is 3.62. The molecule has 0 aromatic carbocycles. The molecule has 0 unspecified atom stereocenters. The Kier molecular flexibility index (Phi) is 3.46. The monoisotopic (exact) mass is 102 g/mol. The van der Waals surface area contributed by atoms with Gasteiger partial charge in [-0.2, -0.15) is 0 Å². The standard InChI is InChI=1S/C5H11P/c1-4-5-6(2)3/h4H,1,5H2,2-3H3. The lowest BCUT2D eigenvalue weighted by Crippen LogP contribution is -1.68. The molecule has 36 valence electrons. The van der Waals surface area contributed by atoms with Crippen molar-refractivity contribution in [1.82, 2.24) is 0 Å². The van der Waals surface area contributed by atoms with Gasteiger partial charge in [0.2, 0.25) is 0 Å². The van der Waals surface area contributed by atoms with Crippen molar-refractivity contribution >= 4 is 7.92 Å². The minimum absolute atomic E-state index is 0.281. The minimum Gasteiger partial charge on any atom is -0.109 e. The normalized spacial score (nSPS) is 9.17. The zero-order chi connectivity index (χ0) is 4.99. The van der Waals surface area contributed by atoms with E-state index in [9.17, 15) is 0 Å². The average molecular weight is 102 g/mol. The SMILES string of the molecule is C=CCP(C)C. The van der Waals surface area contributed by atoms with Crippen LogP contribution in [0.15, 0.2) is 12.7 Å². The molecular weight excluding hydrogens is 91.0 g/mol. The fraction of sp³-hybridized carbons (Fsp3) is 0.600. The Morgan fingerprint density at radius 1 is 1.67 bits per heavy atom. The van der Waals surface area contributed by atoms with Gasteiger partial charge in [-0.15, -0.1) is 14.5 Å². The van der Waals surface area contributed by atoms with Gasteiger partial charge in [0.15, 0.2) is 0 Å². The van der Waals surface area contributed by atoms with Crippen LogP contribution in [0.25, 0.3) is 0 Å². The third kappa shape index (κ3) is 4.17. The molecular formula is C5H11P. The Morgan fingerprint density at radius 2 is 2.17 bits per heavy atom. The van der Waals surface area contributed by atoms with Crippen LogP contribution in [0.4, 0.5) is 0 Å². The van der Waals surface area contributed by atoms with Gasteiger partial charge in [0, 0.05) is 0 Å². The Bertz CT molecular complexity index is 39.2. The molecule has 0 atom stereocenters. The summed E-state index contributed by atoms with van der Waals surface area (Å²) in [6.45, 7) is 8.11. The largest absolute Gasteiger partial charge is 0.109 e. The zero-order valence-corrected chi connectivity index (χ0v) is 5.33. The number of hydrogen-bond acceptors (Lipinski definition) is 0. The van der Waals surface area contributed by atoms with E-state index in [0.29, 0.717) is 0 Å². The molecule has 0 amide bonds. The summed E-state index contributed by atoms with van der Waals surface area (Å²) in [5, 5.41) is 0. The zero-order valence-electron chi connectivity index (χ0n) is 4.44. The van der Waals surface area contributed by atoms with Gasteiger partial charge in [0.25, 0.3) is 0 Å². The lowest BCUT2D eigenvalue weighted by molar-refractivity contribution is 1.76. The smallest absolute Gasteiger partial charge is 0.0152 e. The van der Waals surface area contributed by atoms with E-state index in [1.807, 2.05) is 6.08 Å². The molecule has 0 radical (unpaired) electrons. The van der Waals surface area contributed by atoms with Crippen LogP contribution in [-0.4, -0.2) is 19.5 Å². The lowest BCUT2D eigenvalue weighted by Gasteiger charge is -1.94. The summed E-state index contributed by atoms with van der Waals surface area (Å²) in [7, 11) is 0.281. The Hall–Kier alpha value is 0.170. The minimum atomic E-state index is 0.281. The summed E-state index contributed by atoms with van der Waals surface area (Å²) < 4.78 is 0. The van der Waals surface area contributed by atoms with Crippen LogP contribution in [-0.2, 0) is 0 Å². The highest BCUT2D eigenvalue weighted by molar-refractivity contribution is 7.56. The molecule has 0 heterocycles. The summed E-state index contributed by atoms with van der Waals surface area (Å²) in [5.41, 5.74) is 0. The van der Waals surface area contributed by atoms with Crippen LogP contribution >= 0.6 is 7.92 Å². The molecule has 0 N–H and O–H groups in total. The average Bonchev–Trinajstić information content (AvgIpc) is 1.35. The molecule has 0 aliphatic heterocycles. The molecule has 0 saturated carbocycles. The van der Waals surface area contributed by atoms with Crippen LogP contribution < -0.4 is 0 Å². The van der Waals surface area contributed by atoms with Crippen LogP contribution in [0.3, 0.4) is 0 Å². The van der Waals surface area contributed by atoms with Crippen molar-refractivity contribution in [3.63, 3.8) is 0 Å². The second kappa shape index (κ2) is 3.36. The van der Waals surface area contributed by atoms with E-state index in [1.165, 1.54) is 6.16 Å². The molecule has 0 bridgehead atoms.